The van der Waals surface area contributed by atoms with Crippen LogP contribution >= 0.6 is 0 Å². The number of nitrogens with one attached hydrogen (secondary N) is 1. The third-order valence-electron chi connectivity index (χ3n) is 6.19. The summed E-state index contributed by atoms with van der Waals surface area (Å²) < 4.78 is 0. The van der Waals surface area contributed by atoms with Gasteiger partial charge in [-0.15, -0.1) is 0 Å². The number of hydrogen-bond acceptors (Lipinski definition) is 3. The first-order valence-corrected chi connectivity index (χ1v) is 10.1. The zero-order chi connectivity index (χ0) is 16.8. The molecule has 1 saturated carbocycles. The maximum absolute atomic E-state index is 9.58. The number of likely N-dealkylation sites (tertiary alicyclic amines) is 2. The molecular formula is C19H36N4O. The molecule has 2 N–H and O–H groups in total. The lowest BCUT2D eigenvalue weighted by atomic mass is 9.86. The normalized spacial score (nSPS) is 25.8. The molecule has 0 unspecified atom stereocenters. The summed E-state index contributed by atoms with van der Waals surface area (Å²) in [6, 6.07) is 0. The van der Waals surface area contributed by atoms with Crippen LogP contribution in [-0.2, 0) is 0 Å². The van der Waals surface area contributed by atoms with Crippen LogP contribution < -0.4 is 5.32 Å². The number of aliphatic hydroxyl groups is 1. The standard InChI is InChI=1S/C19H36N4O/c1-2-20-18(23-15-10-19(16-23)8-3-4-9-19)21-11-5-12-22-13-6-17(24)7-14-22/h17,24H,2-16H2,1H3,(H,20,21). The Morgan fingerprint density at radius 1 is 1.17 bits per heavy atom. The first-order chi connectivity index (χ1) is 11.7. The van der Waals surface area contributed by atoms with E-state index in [1.54, 1.807) is 0 Å². The maximum Gasteiger partial charge on any atom is 0.193 e. The number of nitrogens with zero attached hydrogens (tertiary/aromatic N) is 3. The van der Waals surface area contributed by atoms with E-state index in [0.717, 1.165) is 57.9 Å². The van der Waals surface area contributed by atoms with Gasteiger partial charge in [-0.25, -0.2) is 0 Å². The first-order valence-electron chi connectivity index (χ1n) is 10.1. The minimum Gasteiger partial charge on any atom is -0.393 e. The van der Waals surface area contributed by atoms with Gasteiger partial charge in [0.25, 0.3) is 0 Å². The molecule has 0 bridgehead atoms. The number of aliphatic imine (C=N–C) groups is 1. The zero-order valence-electron chi connectivity index (χ0n) is 15.5. The predicted molar refractivity (Wildman–Crippen MR) is 99.4 cm³/mol. The van der Waals surface area contributed by atoms with Gasteiger partial charge in [-0.3, -0.25) is 4.99 Å². The number of rotatable bonds is 5. The molecule has 2 heterocycles. The van der Waals surface area contributed by atoms with E-state index in [2.05, 4.69) is 22.0 Å². The van der Waals surface area contributed by atoms with Gasteiger partial charge in [-0.1, -0.05) is 12.8 Å². The molecule has 0 radical (unpaired) electrons. The molecule has 5 nitrogen and oxygen atoms in total. The second-order valence-corrected chi connectivity index (χ2v) is 8.04. The van der Waals surface area contributed by atoms with E-state index >= 15 is 0 Å². The highest BCUT2D eigenvalue weighted by Gasteiger charge is 2.41. The van der Waals surface area contributed by atoms with E-state index in [1.165, 1.54) is 45.2 Å². The van der Waals surface area contributed by atoms with Gasteiger partial charge < -0.3 is 20.2 Å². The van der Waals surface area contributed by atoms with Crippen LogP contribution in [0.5, 0.6) is 0 Å². The Morgan fingerprint density at radius 2 is 1.92 bits per heavy atom. The summed E-state index contributed by atoms with van der Waals surface area (Å²) in [5.74, 6) is 1.13. The van der Waals surface area contributed by atoms with Gasteiger partial charge in [0.15, 0.2) is 5.96 Å². The Hall–Kier alpha value is -0.810. The third-order valence-corrected chi connectivity index (χ3v) is 6.19. The molecule has 0 atom stereocenters. The van der Waals surface area contributed by atoms with E-state index in [9.17, 15) is 5.11 Å². The molecule has 3 fully saturated rings. The van der Waals surface area contributed by atoms with Gasteiger partial charge in [0.1, 0.15) is 0 Å². The van der Waals surface area contributed by atoms with Crippen LogP contribution in [0.4, 0.5) is 0 Å². The zero-order valence-corrected chi connectivity index (χ0v) is 15.5. The Bertz CT molecular complexity index is 412. The summed E-state index contributed by atoms with van der Waals surface area (Å²) >= 11 is 0. The van der Waals surface area contributed by atoms with Crippen molar-refractivity contribution in [2.45, 2.75) is 64.4 Å². The molecule has 2 aliphatic heterocycles. The first kappa shape index (κ1) is 18.0. The lowest BCUT2D eigenvalue weighted by Gasteiger charge is -2.29. The average Bonchev–Trinajstić information content (AvgIpc) is 3.22. The van der Waals surface area contributed by atoms with Crippen molar-refractivity contribution in [2.75, 3.05) is 45.8 Å². The van der Waals surface area contributed by atoms with Crippen LogP contribution in [0.2, 0.25) is 0 Å². The summed E-state index contributed by atoms with van der Waals surface area (Å²) in [7, 11) is 0. The SMILES string of the molecule is CCNC(=NCCCN1CCC(O)CC1)N1CCC2(CCCC2)C1. The topological polar surface area (TPSA) is 51.1 Å². The molecular weight excluding hydrogens is 300 g/mol. The molecule has 24 heavy (non-hydrogen) atoms. The molecule has 1 spiro atoms. The van der Waals surface area contributed by atoms with Crippen molar-refractivity contribution >= 4 is 5.96 Å². The molecule has 138 valence electrons. The highest BCUT2D eigenvalue weighted by Crippen LogP contribution is 2.45. The summed E-state index contributed by atoms with van der Waals surface area (Å²) in [5.41, 5.74) is 0.602. The highest BCUT2D eigenvalue weighted by atomic mass is 16.3. The lowest BCUT2D eigenvalue weighted by molar-refractivity contribution is 0.0824. The summed E-state index contributed by atoms with van der Waals surface area (Å²) in [4.78, 5) is 9.88. The lowest BCUT2D eigenvalue weighted by Crippen LogP contribution is -2.41. The monoisotopic (exact) mass is 336 g/mol. The van der Waals surface area contributed by atoms with Crippen LogP contribution in [0.15, 0.2) is 4.99 Å². The predicted octanol–water partition coefficient (Wildman–Crippen LogP) is 2.06. The van der Waals surface area contributed by atoms with E-state index in [4.69, 9.17) is 4.99 Å². The molecule has 2 saturated heterocycles. The average molecular weight is 337 g/mol. The second-order valence-electron chi connectivity index (χ2n) is 8.04. The smallest absolute Gasteiger partial charge is 0.193 e. The van der Waals surface area contributed by atoms with Crippen molar-refractivity contribution in [3.05, 3.63) is 0 Å². The number of guanidine groups is 1. The van der Waals surface area contributed by atoms with Crippen LogP contribution in [0.3, 0.4) is 0 Å². The Labute approximate surface area is 147 Å². The van der Waals surface area contributed by atoms with Gasteiger partial charge >= 0.3 is 0 Å². The quantitative estimate of drug-likeness (QED) is 0.458. The molecule has 0 amide bonds. The number of piperidine rings is 1. The summed E-state index contributed by atoms with van der Waals surface area (Å²) in [5, 5.41) is 13.1. The number of aliphatic hydroxyl groups excluding tert-OH is 1. The van der Waals surface area contributed by atoms with Crippen LogP contribution in [0.25, 0.3) is 0 Å². The van der Waals surface area contributed by atoms with Crippen molar-refractivity contribution in [1.82, 2.24) is 15.1 Å². The molecule has 3 aliphatic rings. The molecule has 0 aromatic rings. The van der Waals surface area contributed by atoms with E-state index < -0.39 is 0 Å². The van der Waals surface area contributed by atoms with Crippen molar-refractivity contribution in [2.24, 2.45) is 10.4 Å². The van der Waals surface area contributed by atoms with Gasteiger partial charge in [-0.2, -0.15) is 0 Å². The largest absolute Gasteiger partial charge is 0.393 e. The minimum atomic E-state index is -0.0716. The fraction of sp³-hybridized carbons (Fsp3) is 0.947. The molecule has 0 aromatic heterocycles. The highest BCUT2D eigenvalue weighted by molar-refractivity contribution is 5.80. The van der Waals surface area contributed by atoms with Crippen LogP contribution in [0, 0.1) is 5.41 Å². The van der Waals surface area contributed by atoms with Crippen molar-refractivity contribution in [1.29, 1.82) is 0 Å². The third kappa shape index (κ3) is 4.63. The van der Waals surface area contributed by atoms with E-state index in [-0.39, 0.29) is 6.10 Å². The van der Waals surface area contributed by atoms with Gasteiger partial charge in [0.05, 0.1) is 6.10 Å². The van der Waals surface area contributed by atoms with Gasteiger partial charge in [-0.05, 0) is 57.4 Å². The Balaban J connectivity index is 1.44. The fourth-order valence-corrected chi connectivity index (χ4v) is 4.70. The fourth-order valence-electron chi connectivity index (χ4n) is 4.70. The van der Waals surface area contributed by atoms with Crippen molar-refractivity contribution in [3.8, 4) is 0 Å². The van der Waals surface area contributed by atoms with E-state index in [1.807, 2.05) is 0 Å². The minimum absolute atomic E-state index is 0.0716. The van der Waals surface area contributed by atoms with Gasteiger partial charge in [0, 0.05) is 39.3 Å². The summed E-state index contributed by atoms with van der Waals surface area (Å²) in [6.07, 6.45) is 9.95. The van der Waals surface area contributed by atoms with Gasteiger partial charge in [0.2, 0.25) is 0 Å². The molecule has 5 heteroatoms. The van der Waals surface area contributed by atoms with Crippen LogP contribution in [0.1, 0.15) is 58.3 Å². The molecule has 3 rings (SSSR count). The maximum atomic E-state index is 9.58. The van der Waals surface area contributed by atoms with Crippen LogP contribution in [-0.4, -0.2) is 72.8 Å². The number of hydrogen-bond donors (Lipinski definition) is 2. The summed E-state index contributed by atoms with van der Waals surface area (Å²) in [6.45, 7) is 9.60. The van der Waals surface area contributed by atoms with E-state index in [0.29, 0.717) is 5.41 Å². The molecule has 0 aromatic carbocycles. The Kier molecular flexibility index (Phi) is 6.39. The Morgan fingerprint density at radius 3 is 2.62 bits per heavy atom. The second kappa shape index (κ2) is 8.52. The van der Waals surface area contributed by atoms with Crippen molar-refractivity contribution in [3.63, 3.8) is 0 Å². The van der Waals surface area contributed by atoms with Crippen molar-refractivity contribution < 1.29 is 5.11 Å². The molecule has 1 aliphatic carbocycles.